The van der Waals surface area contributed by atoms with Gasteiger partial charge in [-0.15, -0.1) is 0 Å². The van der Waals surface area contributed by atoms with Crippen LogP contribution >= 0.6 is 0 Å². The molecule has 6 heteroatoms. The summed E-state index contributed by atoms with van der Waals surface area (Å²) in [4.78, 5) is 38.0. The molecule has 2 aromatic heterocycles. The van der Waals surface area contributed by atoms with Crippen molar-refractivity contribution in [1.29, 1.82) is 0 Å². The molecule has 0 saturated carbocycles. The summed E-state index contributed by atoms with van der Waals surface area (Å²) in [7, 11) is 3.83. The number of rotatable bonds is 3. The molecule has 0 N–H and O–H groups in total. The van der Waals surface area contributed by atoms with Gasteiger partial charge >= 0.3 is 11.3 Å². The van der Waals surface area contributed by atoms with Gasteiger partial charge in [0, 0.05) is 36.6 Å². The molecule has 6 nitrogen and oxygen atoms in total. The van der Waals surface area contributed by atoms with Crippen LogP contribution in [0.2, 0.25) is 0 Å². The Morgan fingerprint density at radius 3 is 2.29 bits per heavy atom. The van der Waals surface area contributed by atoms with Crippen LogP contribution in [0.3, 0.4) is 0 Å². The van der Waals surface area contributed by atoms with Gasteiger partial charge in [-0.05, 0) is 48.9 Å². The van der Waals surface area contributed by atoms with Crippen molar-refractivity contribution < 1.29 is 13.6 Å². The number of carbonyl (C=O) groups is 1. The predicted molar refractivity (Wildman–Crippen MR) is 108 cm³/mol. The van der Waals surface area contributed by atoms with Crippen LogP contribution < -0.4 is 16.2 Å². The second-order valence-electron chi connectivity index (χ2n) is 6.82. The second kappa shape index (κ2) is 6.49. The normalized spacial score (nSPS) is 11.1. The van der Waals surface area contributed by atoms with Gasteiger partial charge in [0.1, 0.15) is 16.7 Å². The molecule has 0 atom stereocenters. The van der Waals surface area contributed by atoms with Crippen LogP contribution in [-0.2, 0) is 0 Å². The maximum Gasteiger partial charge on any atom is 0.347 e. The molecule has 140 valence electrons. The van der Waals surface area contributed by atoms with Gasteiger partial charge in [0.2, 0.25) is 0 Å². The molecule has 0 aliphatic rings. The van der Waals surface area contributed by atoms with Crippen LogP contribution in [-0.4, -0.2) is 19.9 Å². The fourth-order valence-electron chi connectivity index (χ4n) is 3.12. The van der Waals surface area contributed by atoms with E-state index in [1.54, 1.807) is 24.3 Å². The van der Waals surface area contributed by atoms with Crippen LogP contribution in [0.4, 0.5) is 5.69 Å². The summed E-state index contributed by atoms with van der Waals surface area (Å²) >= 11 is 0. The highest BCUT2D eigenvalue weighted by molar-refractivity contribution is 5.97. The lowest BCUT2D eigenvalue weighted by Gasteiger charge is -2.12. The lowest BCUT2D eigenvalue weighted by Crippen LogP contribution is -2.11. The van der Waals surface area contributed by atoms with Crippen LogP contribution in [0.25, 0.3) is 33.1 Å². The zero-order valence-corrected chi connectivity index (χ0v) is 15.6. The van der Waals surface area contributed by atoms with E-state index < -0.39 is 11.3 Å². The highest BCUT2D eigenvalue weighted by Crippen LogP contribution is 2.26. The van der Waals surface area contributed by atoms with Crippen molar-refractivity contribution >= 4 is 33.4 Å². The number of anilines is 1. The Labute approximate surface area is 159 Å². The van der Waals surface area contributed by atoms with Gasteiger partial charge in [-0.1, -0.05) is 6.07 Å². The molecule has 0 amide bonds. The fraction of sp³-hybridized carbons (Fsp3) is 0.136. The molecule has 0 unspecified atom stereocenters. The van der Waals surface area contributed by atoms with Gasteiger partial charge < -0.3 is 13.7 Å². The first kappa shape index (κ1) is 17.7. The van der Waals surface area contributed by atoms with E-state index in [-0.39, 0.29) is 11.3 Å². The average molecular weight is 375 g/mol. The van der Waals surface area contributed by atoms with Crippen molar-refractivity contribution in [3.05, 3.63) is 74.9 Å². The molecule has 4 rings (SSSR count). The first-order chi connectivity index (χ1) is 13.3. The number of hydrogen-bond acceptors (Lipinski definition) is 6. The summed E-state index contributed by atoms with van der Waals surface area (Å²) < 4.78 is 10.7. The molecule has 2 heterocycles. The monoisotopic (exact) mass is 375 g/mol. The van der Waals surface area contributed by atoms with E-state index >= 15 is 0 Å². The fourth-order valence-corrected chi connectivity index (χ4v) is 3.12. The smallest absolute Gasteiger partial charge is 0.347 e. The number of fused-ring (bicyclic) bond motifs is 2. The summed E-state index contributed by atoms with van der Waals surface area (Å²) in [5.74, 6) is -0.372. The van der Waals surface area contributed by atoms with Gasteiger partial charge in [-0.2, -0.15) is 0 Å². The summed E-state index contributed by atoms with van der Waals surface area (Å²) in [5, 5.41) is 1.36. The maximum absolute atomic E-state index is 12.6. The van der Waals surface area contributed by atoms with Gasteiger partial charge in [0.25, 0.3) is 0 Å². The van der Waals surface area contributed by atoms with Gasteiger partial charge in [-0.25, -0.2) is 9.59 Å². The first-order valence-corrected chi connectivity index (χ1v) is 8.68. The second-order valence-corrected chi connectivity index (χ2v) is 6.82. The van der Waals surface area contributed by atoms with Crippen molar-refractivity contribution in [2.45, 2.75) is 6.92 Å². The van der Waals surface area contributed by atoms with Crippen molar-refractivity contribution in [2.24, 2.45) is 0 Å². The topological polar surface area (TPSA) is 80.7 Å². The summed E-state index contributed by atoms with van der Waals surface area (Å²) in [6, 6.07) is 13.9. The molecule has 2 aromatic carbocycles. The number of nitrogens with zero attached hydrogens (tertiary/aromatic N) is 1. The van der Waals surface area contributed by atoms with Crippen LogP contribution in [0.15, 0.2) is 67.0 Å². The Balaban J connectivity index is 1.90. The van der Waals surface area contributed by atoms with Crippen LogP contribution in [0, 0.1) is 0 Å². The molecule has 28 heavy (non-hydrogen) atoms. The number of benzene rings is 2. The molecule has 0 fully saturated rings. The Hall–Kier alpha value is -3.67. The molecule has 0 spiro atoms. The average Bonchev–Trinajstić information content (AvgIpc) is 2.65. The van der Waals surface area contributed by atoms with E-state index in [1.807, 2.05) is 37.2 Å². The van der Waals surface area contributed by atoms with Gasteiger partial charge in [0.15, 0.2) is 5.78 Å². The Kier molecular flexibility index (Phi) is 4.11. The minimum atomic E-state index is -0.672. The van der Waals surface area contributed by atoms with E-state index in [2.05, 4.69) is 0 Å². The number of Topliss-reactive ketones (excluding diaryl/α,β-unsaturated/α-hetero) is 1. The molecule has 0 aliphatic carbocycles. The van der Waals surface area contributed by atoms with Gasteiger partial charge in [0.05, 0.1) is 5.56 Å². The van der Waals surface area contributed by atoms with Crippen molar-refractivity contribution in [3.8, 4) is 11.1 Å². The molecular formula is C22H17NO5. The molecule has 4 aromatic rings. The zero-order valence-electron chi connectivity index (χ0n) is 15.6. The lowest BCUT2D eigenvalue weighted by atomic mass is 10.0. The Morgan fingerprint density at radius 1 is 0.821 bits per heavy atom. The SMILES string of the molecule is CC(=O)c1cc2cc(-c3cc4ccc(N(C)C)cc4oc3=O)ccc2oc1=O. The first-order valence-electron chi connectivity index (χ1n) is 8.68. The van der Waals surface area contributed by atoms with Crippen molar-refractivity contribution in [1.82, 2.24) is 0 Å². The van der Waals surface area contributed by atoms with E-state index in [1.165, 1.54) is 13.0 Å². The third kappa shape index (κ3) is 2.99. The highest BCUT2D eigenvalue weighted by Gasteiger charge is 2.13. The molecule has 0 saturated heterocycles. The van der Waals surface area contributed by atoms with Crippen molar-refractivity contribution in [2.75, 3.05) is 19.0 Å². The van der Waals surface area contributed by atoms with E-state index in [4.69, 9.17) is 8.83 Å². The highest BCUT2D eigenvalue weighted by atomic mass is 16.4. The maximum atomic E-state index is 12.6. The number of ketones is 1. The largest absolute Gasteiger partial charge is 0.422 e. The number of hydrogen-bond donors (Lipinski definition) is 0. The zero-order chi connectivity index (χ0) is 20.0. The van der Waals surface area contributed by atoms with Crippen LogP contribution in [0.5, 0.6) is 0 Å². The van der Waals surface area contributed by atoms with Crippen LogP contribution in [0.1, 0.15) is 17.3 Å². The predicted octanol–water partition coefficient (Wildman–Crippen LogP) is 3.84. The molecule has 0 aliphatic heterocycles. The lowest BCUT2D eigenvalue weighted by molar-refractivity contribution is 0.101. The molecular weight excluding hydrogens is 358 g/mol. The summed E-state index contributed by atoms with van der Waals surface area (Å²) in [6.07, 6.45) is 0. The van der Waals surface area contributed by atoms with E-state index in [0.717, 1.165) is 11.1 Å². The summed E-state index contributed by atoms with van der Waals surface area (Å²) in [6.45, 7) is 1.31. The van der Waals surface area contributed by atoms with Gasteiger partial charge in [-0.3, -0.25) is 4.79 Å². The van der Waals surface area contributed by atoms with E-state index in [9.17, 15) is 14.4 Å². The third-order valence-corrected chi connectivity index (χ3v) is 4.66. The molecule has 0 radical (unpaired) electrons. The standard InChI is InChI=1S/C22H17NO5/c1-12(24)17-10-15-8-13(5-7-19(15)27-21(17)25)18-9-14-4-6-16(23(2)3)11-20(14)28-22(18)26/h4-11H,1-3H3. The summed E-state index contributed by atoms with van der Waals surface area (Å²) in [5.41, 5.74) is 1.63. The minimum absolute atomic E-state index is 0.0218. The molecule has 0 bridgehead atoms. The third-order valence-electron chi connectivity index (χ3n) is 4.66. The Bertz CT molecular complexity index is 1360. The quantitative estimate of drug-likeness (QED) is 0.400. The van der Waals surface area contributed by atoms with Crippen molar-refractivity contribution in [3.63, 3.8) is 0 Å². The van der Waals surface area contributed by atoms with E-state index in [0.29, 0.717) is 27.7 Å². The number of carbonyl (C=O) groups excluding carboxylic acids is 1. The Morgan fingerprint density at radius 2 is 1.57 bits per heavy atom. The minimum Gasteiger partial charge on any atom is -0.422 e.